The smallest absolute Gasteiger partial charge is 0.337 e. The number of aryl methyl sites for hydroxylation is 1. The van der Waals surface area contributed by atoms with Crippen molar-refractivity contribution in [3.8, 4) is 11.3 Å². The second-order valence-electron chi connectivity index (χ2n) is 5.82. The molecule has 0 fully saturated rings. The minimum atomic E-state index is -0.395. The maximum atomic E-state index is 12.4. The molecule has 0 saturated heterocycles. The molecule has 0 spiro atoms. The van der Waals surface area contributed by atoms with Gasteiger partial charge in [-0.1, -0.05) is 42.5 Å². The van der Waals surface area contributed by atoms with Crippen molar-refractivity contribution >= 4 is 11.9 Å². The molecule has 1 heterocycles. The molecule has 5 nitrogen and oxygen atoms in total. The average Bonchev–Trinajstić information content (AvgIpc) is 3.08. The second kappa shape index (κ2) is 7.70. The van der Waals surface area contributed by atoms with Crippen molar-refractivity contribution in [2.24, 2.45) is 0 Å². The Labute approximate surface area is 151 Å². The van der Waals surface area contributed by atoms with Gasteiger partial charge in [0.2, 0.25) is 0 Å². The van der Waals surface area contributed by atoms with E-state index < -0.39 is 5.97 Å². The predicted octanol–water partition coefficient (Wildman–Crippen LogP) is 3.97. The zero-order valence-corrected chi connectivity index (χ0v) is 14.6. The summed E-state index contributed by atoms with van der Waals surface area (Å²) < 4.78 is 10.4. The summed E-state index contributed by atoms with van der Waals surface area (Å²) >= 11 is 0. The first kappa shape index (κ1) is 17.5. The molecular weight excluding hydrogens is 330 g/mol. The minimum absolute atomic E-state index is 0.187. The summed E-state index contributed by atoms with van der Waals surface area (Å²) in [6.45, 7) is 2.21. The maximum absolute atomic E-state index is 12.4. The Morgan fingerprint density at radius 1 is 1.04 bits per heavy atom. The van der Waals surface area contributed by atoms with Gasteiger partial charge in [0, 0.05) is 12.1 Å². The van der Waals surface area contributed by atoms with Crippen molar-refractivity contribution in [2.75, 3.05) is 7.11 Å². The number of esters is 1. The van der Waals surface area contributed by atoms with Gasteiger partial charge in [-0.25, -0.2) is 4.79 Å². The number of benzene rings is 2. The third-order valence-corrected chi connectivity index (χ3v) is 4.05. The predicted molar refractivity (Wildman–Crippen MR) is 97.8 cm³/mol. The van der Waals surface area contributed by atoms with Crippen molar-refractivity contribution < 1.29 is 18.7 Å². The summed E-state index contributed by atoms with van der Waals surface area (Å²) in [5, 5.41) is 2.89. The van der Waals surface area contributed by atoms with Crippen LogP contribution in [-0.4, -0.2) is 19.0 Å². The molecule has 1 aromatic heterocycles. The van der Waals surface area contributed by atoms with Crippen LogP contribution in [0.3, 0.4) is 0 Å². The highest BCUT2D eigenvalue weighted by molar-refractivity contribution is 5.96. The Morgan fingerprint density at radius 2 is 1.73 bits per heavy atom. The second-order valence-corrected chi connectivity index (χ2v) is 5.82. The lowest BCUT2D eigenvalue weighted by molar-refractivity contribution is 0.0600. The SMILES string of the molecule is COC(=O)c1ccc(-c2cc(C(=O)NCc3ccccc3)c(C)o2)cc1. The summed E-state index contributed by atoms with van der Waals surface area (Å²) in [4.78, 5) is 23.9. The molecular formula is C21H19NO4. The normalized spacial score (nSPS) is 10.4. The summed E-state index contributed by atoms with van der Waals surface area (Å²) in [7, 11) is 1.34. The Balaban J connectivity index is 1.74. The number of amides is 1. The molecule has 0 aliphatic rings. The lowest BCUT2D eigenvalue weighted by atomic mass is 10.1. The van der Waals surface area contributed by atoms with Crippen LogP contribution in [-0.2, 0) is 11.3 Å². The number of carbonyl (C=O) groups excluding carboxylic acids is 2. The van der Waals surface area contributed by atoms with Crippen LogP contribution in [0.1, 0.15) is 32.0 Å². The number of hydrogen-bond donors (Lipinski definition) is 1. The van der Waals surface area contributed by atoms with Crippen LogP contribution in [0.15, 0.2) is 65.1 Å². The van der Waals surface area contributed by atoms with Crippen LogP contribution < -0.4 is 5.32 Å². The molecule has 0 atom stereocenters. The Kier molecular flexibility index (Phi) is 5.17. The first-order valence-electron chi connectivity index (χ1n) is 8.20. The number of ether oxygens (including phenoxy) is 1. The van der Waals surface area contributed by atoms with Gasteiger partial charge in [-0.15, -0.1) is 0 Å². The molecule has 26 heavy (non-hydrogen) atoms. The molecule has 132 valence electrons. The number of rotatable bonds is 5. The minimum Gasteiger partial charge on any atom is -0.465 e. The molecule has 3 rings (SSSR count). The van der Waals surface area contributed by atoms with E-state index in [4.69, 9.17) is 4.42 Å². The van der Waals surface area contributed by atoms with E-state index in [1.807, 2.05) is 30.3 Å². The van der Waals surface area contributed by atoms with Gasteiger partial charge in [-0.2, -0.15) is 0 Å². The van der Waals surface area contributed by atoms with E-state index in [9.17, 15) is 9.59 Å². The number of carbonyl (C=O) groups is 2. The van der Waals surface area contributed by atoms with Crippen molar-refractivity contribution in [1.82, 2.24) is 5.32 Å². The van der Waals surface area contributed by atoms with E-state index in [0.717, 1.165) is 11.1 Å². The van der Waals surface area contributed by atoms with Crippen LogP contribution in [0, 0.1) is 6.92 Å². The van der Waals surface area contributed by atoms with Crippen molar-refractivity contribution in [2.45, 2.75) is 13.5 Å². The van der Waals surface area contributed by atoms with E-state index in [-0.39, 0.29) is 5.91 Å². The summed E-state index contributed by atoms with van der Waals surface area (Å²) in [6.07, 6.45) is 0. The third-order valence-electron chi connectivity index (χ3n) is 4.05. The topological polar surface area (TPSA) is 68.5 Å². The van der Waals surface area contributed by atoms with Gasteiger partial charge in [0.1, 0.15) is 11.5 Å². The molecule has 1 amide bonds. The molecule has 0 saturated carbocycles. The fourth-order valence-electron chi connectivity index (χ4n) is 2.61. The average molecular weight is 349 g/mol. The molecule has 0 radical (unpaired) electrons. The number of methoxy groups -OCH3 is 1. The van der Waals surface area contributed by atoms with E-state index in [1.54, 1.807) is 37.3 Å². The van der Waals surface area contributed by atoms with E-state index in [1.165, 1.54) is 7.11 Å². The lowest BCUT2D eigenvalue weighted by Crippen LogP contribution is -2.22. The van der Waals surface area contributed by atoms with E-state index in [0.29, 0.717) is 29.2 Å². The van der Waals surface area contributed by atoms with Crippen LogP contribution >= 0.6 is 0 Å². The molecule has 1 N–H and O–H groups in total. The Morgan fingerprint density at radius 3 is 2.38 bits per heavy atom. The fraction of sp³-hybridized carbons (Fsp3) is 0.143. The van der Waals surface area contributed by atoms with Gasteiger partial charge in [-0.05, 0) is 30.7 Å². The number of furan rings is 1. The number of nitrogens with one attached hydrogen (secondary N) is 1. The van der Waals surface area contributed by atoms with Crippen molar-refractivity contribution in [1.29, 1.82) is 0 Å². The van der Waals surface area contributed by atoms with Gasteiger partial charge in [0.25, 0.3) is 5.91 Å². The van der Waals surface area contributed by atoms with Crippen molar-refractivity contribution in [3.05, 3.63) is 83.1 Å². The zero-order valence-electron chi connectivity index (χ0n) is 14.6. The molecule has 2 aromatic carbocycles. The fourth-order valence-corrected chi connectivity index (χ4v) is 2.61. The maximum Gasteiger partial charge on any atom is 0.337 e. The van der Waals surface area contributed by atoms with Crippen LogP contribution in [0.5, 0.6) is 0 Å². The summed E-state index contributed by atoms with van der Waals surface area (Å²) in [5.41, 5.74) is 2.76. The molecule has 3 aromatic rings. The van der Waals surface area contributed by atoms with Gasteiger partial charge in [-0.3, -0.25) is 4.79 Å². The monoisotopic (exact) mass is 349 g/mol. The van der Waals surface area contributed by atoms with Gasteiger partial charge in [0.15, 0.2) is 0 Å². The van der Waals surface area contributed by atoms with Crippen LogP contribution in [0.4, 0.5) is 0 Å². The van der Waals surface area contributed by atoms with Gasteiger partial charge in [0.05, 0.1) is 18.2 Å². The molecule has 0 aliphatic heterocycles. The van der Waals surface area contributed by atoms with Gasteiger partial charge < -0.3 is 14.5 Å². The summed E-state index contributed by atoms with van der Waals surface area (Å²) in [5.74, 6) is 0.534. The first-order chi connectivity index (χ1) is 12.6. The lowest BCUT2D eigenvalue weighted by Gasteiger charge is -2.03. The van der Waals surface area contributed by atoms with Crippen LogP contribution in [0.2, 0.25) is 0 Å². The van der Waals surface area contributed by atoms with Gasteiger partial charge >= 0.3 is 5.97 Å². The Hall–Kier alpha value is -3.34. The highest BCUT2D eigenvalue weighted by atomic mass is 16.5. The third kappa shape index (κ3) is 3.83. The standard InChI is InChI=1S/C21H19NO4/c1-14-18(20(23)22-13-15-6-4-3-5-7-15)12-19(26-14)16-8-10-17(11-9-16)21(24)25-2/h3-12H,13H2,1-2H3,(H,22,23). The van der Waals surface area contributed by atoms with E-state index in [2.05, 4.69) is 10.1 Å². The summed E-state index contributed by atoms with van der Waals surface area (Å²) in [6, 6.07) is 18.3. The van der Waals surface area contributed by atoms with Crippen molar-refractivity contribution in [3.63, 3.8) is 0 Å². The molecule has 0 bridgehead atoms. The van der Waals surface area contributed by atoms with Crippen LogP contribution in [0.25, 0.3) is 11.3 Å². The molecule has 5 heteroatoms. The quantitative estimate of drug-likeness (QED) is 0.708. The Bertz CT molecular complexity index is 911. The zero-order chi connectivity index (χ0) is 18.5. The highest BCUT2D eigenvalue weighted by Gasteiger charge is 2.16. The first-order valence-corrected chi connectivity index (χ1v) is 8.20. The molecule has 0 unspecified atom stereocenters. The number of hydrogen-bond acceptors (Lipinski definition) is 4. The largest absolute Gasteiger partial charge is 0.465 e. The molecule has 0 aliphatic carbocycles. The highest BCUT2D eigenvalue weighted by Crippen LogP contribution is 2.26. The van der Waals surface area contributed by atoms with E-state index >= 15 is 0 Å².